The highest BCUT2D eigenvalue weighted by atomic mass is 32.2. The molecule has 180 valence electrons. The van der Waals surface area contributed by atoms with Crippen molar-refractivity contribution >= 4 is 21.6 Å². The fraction of sp³-hybridized carbons (Fsp3) is 0.458. The van der Waals surface area contributed by atoms with E-state index in [2.05, 4.69) is 26.1 Å². The van der Waals surface area contributed by atoms with Gasteiger partial charge in [-0.2, -0.15) is 0 Å². The third kappa shape index (κ3) is 6.31. The van der Waals surface area contributed by atoms with E-state index in [4.69, 9.17) is 14.2 Å². The summed E-state index contributed by atoms with van der Waals surface area (Å²) in [6, 6.07) is 11.7. The number of anilines is 1. The molecule has 0 saturated carbocycles. The smallest absolute Gasteiger partial charge is 0.243 e. The lowest BCUT2D eigenvalue weighted by atomic mass is 9.87. The highest BCUT2D eigenvalue weighted by molar-refractivity contribution is 7.92. The molecule has 2 aromatic carbocycles. The molecule has 1 aliphatic rings. The van der Waals surface area contributed by atoms with Crippen molar-refractivity contribution in [1.29, 1.82) is 0 Å². The zero-order chi connectivity index (χ0) is 24.2. The summed E-state index contributed by atoms with van der Waals surface area (Å²) < 4.78 is 42.8. The molecule has 0 bridgehead atoms. The molecule has 0 fully saturated rings. The van der Waals surface area contributed by atoms with Gasteiger partial charge in [0.1, 0.15) is 31.6 Å². The number of ether oxygens (including phenoxy) is 3. The van der Waals surface area contributed by atoms with Crippen molar-refractivity contribution in [3.05, 3.63) is 48.0 Å². The van der Waals surface area contributed by atoms with Crippen LogP contribution < -0.4 is 23.8 Å². The lowest BCUT2D eigenvalue weighted by Crippen LogP contribution is -2.48. The number of hydrogen-bond acceptors (Lipinski definition) is 6. The average molecular weight is 477 g/mol. The second-order valence-corrected chi connectivity index (χ2v) is 10.8. The molecule has 33 heavy (non-hydrogen) atoms. The Labute approximate surface area is 195 Å². The van der Waals surface area contributed by atoms with E-state index in [1.165, 1.54) is 5.56 Å². The first-order valence-corrected chi connectivity index (χ1v) is 12.7. The topological polar surface area (TPSA) is 94.2 Å². The van der Waals surface area contributed by atoms with Crippen LogP contribution in [-0.4, -0.2) is 53.0 Å². The van der Waals surface area contributed by atoms with E-state index >= 15 is 0 Å². The van der Waals surface area contributed by atoms with Crippen LogP contribution in [0.25, 0.3) is 0 Å². The number of hydrogen-bond donors (Lipinski definition) is 1. The van der Waals surface area contributed by atoms with Crippen molar-refractivity contribution in [2.24, 2.45) is 0 Å². The van der Waals surface area contributed by atoms with Crippen LogP contribution in [0.4, 0.5) is 5.69 Å². The van der Waals surface area contributed by atoms with Crippen molar-refractivity contribution in [2.75, 3.05) is 36.9 Å². The first-order valence-electron chi connectivity index (χ1n) is 10.9. The summed E-state index contributed by atoms with van der Waals surface area (Å²) in [4.78, 5) is 12.7. The molecular weight excluding hydrogens is 444 g/mol. The molecule has 3 rings (SSSR count). The SMILES string of the molecule is CC(C(=O)NCCOc1ccc(C(C)(C)C)cc1)N(c1ccc2c(c1)OCCO2)S(C)(=O)=O. The summed E-state index contributed by atoms with van der Waals surface area (Å²) in [5, 5.41) is 2.75. The minimum atomic E-state index is -3.73. The van der Waals surface area contributed by atoms with Gasteiger partial charge in [-0.05, 0) is 42.2 Å². The minimum Gasteiger partial charge on any atom is -0.492 e. The van der Waals surface area contributed by atoms with Crippen molar-refractivity contribution in [3.8, 4) is 17.2 Å². The maximum Gasteiger partial charge on any atom is 0.243 e. The molecule has 1 aliphatic heterocycles. The monoisotopic (exact) mass is 476 g/mol. The van der Waals surface area contributed by atoms with Gasteiger partial charge in [-0.1, -0.05) is 32.9 Å². The highest BCUT2D eigenvalue weighted by Gasteiger charge is 2.30. The maximum absolute atomic E-state index is 12.7. The summed E-state index contributed by atoms with van der Waals surface area (Å²) >= 11 is 0. The van der Waals surface area contributed by atoms with Crippen LogP contribution in [0.3, 0.4) is 0 Å². The first-order chi connectivity index (χ1) is 15.5. The van der Waals surface area contributed by atoms with Crippen molar-refractivity contribution in [2.45, 2.75) is 39.2 Å². The number of nitrogens with one attached hydrogen (secondary N) is 1. The zero-order valence-corrected chi connectivity index (χ0v) is 20.6. The molecule has 1 unspecified atom stereocenters. The van der Waals surface area contributed by atoms with Crippen LogP contribution >= 0.6 is 0 Å². The fourth-order valence-electron chi connectivity index (χ4n) is 3.52. The molecule has 9 heteroatoms. The summed E-state index contributed by atoms with van der Waals surface area (Å²) in [6.07, 6.45) is 1.07. The third-order valence-electron chi connectivity index (χ3n) is 5.26. The highest BCUT2D eigenvalue weighted by Crippen LogP contribution is 2.35. The van der Waals surface area contributed by atoms with E-state index in [0.717, 1.165) is 10.6 Å². The van der Waals surface area contributed by atoms with Crippen LogP contribution in [0, 0.1) is 0 Å². The Bertz CT molecular complexity index is 1080. The Balaban J connectivity index is 1.60. The third-order valence-corrected chi connectivity index (χ3v) is 6.50. The number of benzene rings is 2. The van der Waals surface area contributed by atoms with Gasteiger partial charge in [0, 0.05) is 6.07 Å². The molecule has 8 nitrogen and oxygen atoms in total. The van der Waals surface area contributed by atoms with Gasteiger partial charge in [-0.3, -0.25) is 9.10 Å². The number of carbonyl (C=O) groups excluding carboxylic acids is 1. The largest absolute Gasteiger partial charge is 0.492 e. The van der Waals surface area contributed by atoms with E-state index in [1.54, 1.807) is 25.1 Å². The molecular formula is C24H32N2O6S. The van der Waals surface area contributed by atoms with Gasteiger partial charge >= 0.3 is 0 Å². The van der Waals surface area contributed by atoms with E-state index in [-0.39, 0.29) is 18.6 Å². The molecule has 0 radical (unpaired) electrons. The summed E-state index contributed by atoms with van der Waals surface area (Å²) in [5.74, 6) is 1.27. The lowest BCUT2D eigenvalue weighted by Gasteiger charge is -2.29. The molecule has 0 aromatic heterocycles. The Morgan fingerprint density at radius 3 is 2.33 bits per heavy atom. The second kappa shape index (κ2) is 9.91. The predicted octanol–water partition coefficient (Wildman–Crippen LogP) is 3.11. The molecule has 2 aromatic rings. The molecule has 0 saturated heterocycles. The average Bonchev–Trinajstić information content (AvgIpc) is 2.75. The zero-order valence-electron chi connectivity index (χ0n) is 19.8. The van der Waals surface area contributed by atoms with Gasteiger partial charge in [0.2, 0.25) is 15.9 Å². The first kappa shape index (κ1) is 24.7. The van der Waals surface area contributed by atoms with Gasteiger partial charge in [-0.15, -0.1) is 0 Å². The Morgan fingerprint density at radius 2 is 1.73 bits per heavy atom. The van der Waals surface area contributed by atoms with Gasteiger partial charge in [-0.25, -0.2) is 8.42 Å². The number of fused-ring (bicyclic) bond motifs is 1. The molecule has 1 N–H and O–H groups in total. The van der Waals surface area contributed by atoms with Crippen molar-refractivity contribution in [1.82, 2.24) is 5.32 Å². The van der Waals surface area contributed by atoms with Crippen LogP contribution in [-0.2, 0) is 20.2 Å². The summed E-state index contributed by atoms with van der Waals surface area (Å²) in [7, 11) is -3.73. The Morgan fingerprint density at radius 1 is 1.09 bits per heavy atom. The number of amides is 1. The number of rotatable bonds is 8. The van der Waals surface area contributed by atoms with Gasteiger partial charge in [0.25, 0.3) is 0 Å². The lowest BCUT2D eigenvalue weighted by molar-refractivity contribution is -0.121. The summed E-state index contributed by atoms with van der Waals surface area (Å²) in [5.41, 5.74) is 1.60. The second-order valence-electron chi connectivity index (χ2n) is 8.98. The fourth-order valence-corrected chi connectivity index (χ4v) is 4.69. The molecule has 1 atom stereocenters. The molecule has 1 heterocycles. The van der Waals surface area contributed by atoms with E-state index in [1.807, 2.05) is 24.3 Å². The van der Waals surface area contributed by atoms with Crippen LogP contribution in [0.1, 0.15) is 33.3 Å². The van der Waals surface area contributed by atoms with Crippen LogP contribution in [0.5, 0.6) is 17.2 Å². The quantitative estimate of drug-likeness (QED) is 0.589. The van der Waals surface area contributed by atoms with Crippen LogP contribution in [0.15, 0.2) is 42.5 Å². The molecule has 0 aliphatic carbocycles. The molecule has 0 spiro atoms. The van der Waals surface area contributed by atoms with Crippen LogP contribution in [0.2, 0.25) is 0 Å². The predicted molar refractivity (Wildman–Crippen MR) is 128 cm³/mol. The summed E-state index contributed by atoms with van der Waals surface area (Å²) in [6.45, 7) is 9.28. The van der Waals surface area contributed by atoms with Gasteiger partial charge < -0.3 is 19.5 Å². The molecule has 1 amide bonds. The maximum atomic E-state index is 12.7. The van der Waals surface area contributed by atoms with E-state index < -0.39 is 22.0 Å². The van der Waals surface area contributed by atoms with Crippen molar-refractivity contribution < 1.29 is 27.4 Å². The van der Waals surface area contributed by atoms with Gasteiger partial charge in [0.05, 0.1) is 18.5 Å². The number of sulfonamides is 1. The van der Waals surface area contributed by atoms with E-state index in [9.17, 15) is 13.2 Å². The minimum absolute atomic E-state index is 0.0608. The van der Waals surface area contributed by atoms with E-state index in [0.29, 0.717) is 36.1 Å². The normalized spacial score (nSPS) is 14.3. The Kier molecular flexibility index (Phi) is 7.41. The number of carbonyl (C=O) groups is 1. The van der Waals surface area contributed by atoms with Gasteiger partial charge in [0.15, 0.2) is 11.5 Å². The number of nitrogens with zero attached hydrogens (tertiary/aromatic N) is 1. The van der Waals surface area contributed by atoms with Crippen molar-refractivity contribution in [3.63, 3.8) is 0 Å². The standard InChI is InChI=1S/C24H32N2O6S/c1-17(23(27)25-12-13-30-20-9-6-18(7-10-20)24(2,3)4)26(33(5,28)29)19-8-11-21-22(16-19)32-15-14-31-21/h6-11,16-17H,12-15H2,1-5H3,(H,25,27). The Hall–Kier alpha value is -2.94.